The van der Waals surface area contributed by atoms with Crippen LogP contribution >= 0.6 is 0 Å². The lowest BCUT2D eigenvalue weighted by Crippen LogP contribution is -2.25. The van der Waals surface area contributed by atoms with Crippen molar-refractivity contribution in [3.05, 3.63) is 72.6 Å². The van der Waals surface area contributed by atoms with E-state index in [0.29, 0.717) is 12.8 Å². The molecule has 3 aromatic rings. The second-order valence-electron chi connectivity index (χ2n) is 7.60. The highest BCUT2D eigenvalue weighted by molar-refractivity contribution is 5.94. The van der Waals surface area contributed by atoms with E-state index >= 15 is 0 Å². The minimum atomic E-state index is 0.0414. The van der Waals surface area contributed by atoms with Crippen LogP contribution in [-0.4, -0.2) is 28.8 Å². The van der Waals surface area contributed by atoms with Crippen LogP contribution in [0.15, 0.2) is 67.0 Å². The first kappa shape index (κ1) is 19.2. The molecule has 1 N–H and O–H groups in total. The van der Waals surface area contributed by atoms with Crippen LogP contribution in [0.3, 0.4) is 0 Å². The van der Waals surface area contributed by atoms with Crippen molar-refractivity contribution >= 4 is 17.3 Å². The van der Waals surface area contributed by atoms with E-state index in [4.69, 9.17) is 0 Å². The van der Waals surface area contributed by atoms with E-state index in [1.54, 1.807) is 0 Å². The highest BCUT2D eigenvalue weighted by atomic mass is 16.1. The van der Waals surface area contributed by atoms with Crippen LogP contribution in [-0.2, 0) is 11.2 Å². The first-order chi connectivity index (χ1) is 14.3. The lowest BCUT2D eigenvalue weighted by molar-refractivity contribution is -0.116. The molecule has 0 aliphatic carbocycles. The maximum Gasteiger partial charge on any atom is 0.224 e. The Kier molecular flexibility index (Phi) is 6.25. The van der Waals surface area contributed by atoms with Crippen molar-refractivity contribution in [2.24, 2.45) is 0 Å². The summed E-state index contributed by atoms with van der Waals surface area (Å²) in [7, 11) is 0. The molecule has 1 fully saturated rings. The molecule has 0 spiro atoms. The van der Waals surface area contributed by atoms with Gasteiger partial charge in [-0.25, -0.2) is 4.68 Å². The molecule has 1 aliphatic rings. The van der Waals surface area contributed by atoms with Crippen LogP contribution in [0.4, 0.5) is 11.4 Å². The van der Waals surface area contributed by atoms with Gasteiger partial charge in [0, 0.05) is 25.7 Å². The van der Waals surface area contributed by atoms with Crippen LogP contribution in [0.5, 0.6) is 0 Å². The first-order valence-electron chi connectivity index (χ1n) is 10.5. The normalized spacial score (nSPS) is 14.4. The molecule has 2 aromatic carbocycles. The number of carbonyl (C=O) groups is 1. The third-order valence-electron chi connectivity index (χ3n) is 5.42. The summed E-state index contributed by atoms with van der Waals surface area (Å²) in [5.74, 6) is 0.0414. The molecule has 1 amide bonds. The van der Waals surface area contributed by atoms with Gasteiger partial charge in [0.1, 0.15) is 0 Å². The van der Waals surface area contributed by atoms with Gasteiger partial charge >= 0.3 is 0 Å². The summed E-state index contributed by atoms with van der Waals surface area (Å²) in [5.41, 5.74) is 4.14. The van der Waals surface area contributed by atoms with Crippen molar-refractivity contribution in [2.45, 2.75) is 38.5 Å². The molecule has 5 heteroatoms. The minimum absolute atomic E-state index is 0.0414. The van der Waals surface area contributed by atoms with Gasteiger partial charge in [-0.2, -0.15) is 5.10 Å². The number of hydrogen-bond donors (Lipinski definition) is 1. The number of rotatable bonds is 6. The molecule has 150 valence electrons. The predicted octanol–water partition coefficient (Wildman–Crippen LogP) is 4.82. The molecule has 0 unspecified atom stereocenters. The maximum absolute atomic E-state index is 12.6. The van der Waals surface area contributed by atoms with Gasteiger partial charge in [-0.15, -0.1) is 0 Å². The Morgan fingerprint density at radius 3 is 2.45 bits per heavy atom. The topological polar surface area (TPSA) is 50.2 Å². The average Bonchev–Trinajstić information content (AvgIpc) is 3.07. The fourth-order valence-corrected chi connectivity index (χ4v) is 3.85. The standard InChI is InChI=1S/C24H28N4O/c29-24(15-14-20-18-25-28(19-20)21-10-4-3-5-11-21)26-22-12-6-7-13-23(22)27-16-8-1-2-9-17-27/h3-7,10-13,18-19H,1-2,8-9,14-17H2,(H,26,29). The quantitative estimate of drug-likeness (QED) is 0.658. The maximum atomic E-state index is 12.6. The Balaban J connectivity index is 1.36. The number of aromatic nitrogens is 2. The Morgan fingerprint density at radius 1 is 0.931 bits per heavy atom. The van der Waals surface area contributed by atoms with Crippen molar-refractivity contribution in [2.75, 3.05) is 23.3 Å². The summed E-state index contributed by atoms with van der Waals surface area (Å²) in [6, 6.07) is 18.2. The molecular weight excluding hydrogens is 360 g/mol. The third-order valence-corrected chi connectivity index (χ3v) is 5.42. The lowest BCUT2D eigenvalue weighted by Gasteiger charge is -2.25. The van der Waals surface area contributed by atoms with Crippen molar-refractivity contribution in [3.63, 3.8) is 0 Å². The smallest absolute Gasteiger partial charge is 0.224 e. The van der Waals surface area contributed by atoms with Gasteiger partial charge in [0.15, 0.2) is 0 Å². The van der Waals surface area contributed by atoms with Crippen molar-refractivity contribution in [1.29, 1.82) is 0 Å². The Labute approximate surface area is 172 Å². The van der Waals surface area contributed by atoms with Gasteiger partial charge in [0.25, 0.3) is 0 Å². The summed E-state index contributed by atoms with van der Waals surface area (Å²) < 4.78 is 1.85. The molecular formula is C24H28N4O. The molecule has 4 rings (SSSR count). The number of carbonyl (C=O) groups excluding carboxylic acids is 1. The number of anilines is 2. The van der Waals surface area contributed by atoms with E-state index in [1.807, 2.05) is 65.6 Å². The van der Waals surface area contributed by atoms with E-state index in [1.165, 1.54) is 25.7 Å². The van der Waals surface area contributed by atoms with Crippen LogP contribution in [0, 0.1) is 0 Å². The van der Waals surface area contributed by atoms with Crippen LogP contribution in [0.25, 0.3) is 5.69 Å². The fraction of sp³-hybridized carbons (Fsp3) is 0.333. The van der Waals surface area contributed by atoms with E-state index in [9.17, 15) is 4.79 Å². The first-order valence-corrected chi connectivity index (χ1v) is 10.5. The van der Waals surface area contributed by atoms with Gasteiger partial charge in [-0.05, 0) is 49.1 Å². The van der Waals surface area contributed by atoms with Crippen molar-refractivity contribution < 1.29 is 4.79 Å². The fourth-order valence-electron chi connectivity index (χ4n) is 3.85. The van der Waals surface area contributed by atoms with E-state index in [0.717, 1.165) is 35.7 Å². The summed E-state index contributed by atoms with van der Waals surface area (Å²) in [6.45, 7) is 2.12. The SMILES string of the molecule is O=C(CCc1cnn(-c2ccccc2)c1)Nc1ccccc1N1CCCCCC1. The monoisotopic (exact) mass is 388 g/mol. The summed E-state index contributed by atoms with van der Waals surface area (Å²) in [6.07, 6.45) is 9.96. The number of para-hydroxylation sites is 3. The molecule has 29 heavy (non-hydrogen) atoms. The lowest BCUT2D eigenvalue weighted by atomic mass is 10.2. The van der Waals surface area contributed by atoms with Crippen molar-refractivity contribution in [1.82, 2.24) is 9.78 Å². The molecule has 0 radical (unpaired) electrons. The predicted molar refractivity (Wildman–Crippen MR) is 118 cm³/mol. The third kappa shape index (κ3) is 5.05. The van der Waals surface area contributed by atoms with E-state index in [2.05, 4.69) is 21.4 Å². The van der Waals surface area contributed by atoms with Crippen LogP contribution < -0.4 is 10.2 Å². The molecule has 1 saturated heterocycles. The van der Waals surface area contributed by atoms with E-state index in [-0.39, 0.29) is 5.91 Å². The number of aryl methyl sites for hydroxylation is 1. The molecule has 2 heterocycles. The Morgan fingerprint density at radius 2 is 1.66 bits per heavy atom. The summed E-state index contributed by atoms with van der Waals surface area (Å²) >= 11 is 0. The second kappa shape index (κ2) is 9.41. The van der Waals surface area contributed by atoms with Gasteiger partial charge < -0.3 is 10.2 Å². The number of amides is 1. The molecule has 0 bridgehead atoms. The largest absolute Gasteiger partial charge is 0.370 e. The second-order valence-corrected chi connectivity index (χ2v) is 7.60. The molecule has 1 aromatic heterocycles. The summed E-state index contributed by atoms with van der Waals surface area (Å²) in [5, 5.41) is 7.54. The molecule has 0 atom stereocenters. The number of hydrogen-bond acceptors (Lipinski definition) is 3. The van der Waals surface area contributed by atoms with Crippen molar-refractivity contribution in [3.8, 4) is 5.69 Å². The van der Waals surface area contributed by atoms with Gasteiger partial charge in [-0.3, -0.25) is 4.79 Å². The number of nitrogens with one attached hydrogen (secondary N) is 1. The zero-order chi connectivity index (χ0) is 19.9. The zero-order valence-corrected chi connectivity index (χ0v) is 16.8. The number of nitrogens with zero attached hydrogens (tertiary/aromatic N) is 3. The zero-order valence-electron chi connectivity index (χ0n) is 16.8. The Hall–Kier alpha value is -3.08. The average molecular weight is 389 g/mol. The molecule has 5 nitrogen and oxygen atoms in total. The molecule has 1 aliphatic heterocycles. The van der Waals surface area contributed by atoms with Crippen LogP contribution in [0.1, 0.15) is 37.7 Å². The van der Waals surface area contributed by atoms with Gasteiger partial charge in [-0.1, -0.05) is 43.2 Å². The van der Waals surface area contributed by atoms with Gasteiger partial charge in [0.2, 0.25) is 5.91 Å². The number of benzene rings is 2. The minimum Gasteiger partial charge on any atom is -0.370 e. The summed E-state index contributed by atoms with van der Waals surface area (Å²) in [4.78, 5) is 15.0. The van der Waals surface area contributed by atoms with E-state index < -0.39 is 0 Å². The van der Waals surface area contributed by atoms with Gasteiger partial charge in [0.05, 0.1) is 23.3 Å². The van der Waals surface area contributed by atoms with Crippen LogP contribution in [0.2, 0.25) is 0 Å². The highest BCUT2D eigenvalue weighted by Crippen LogP contribution is 2.28. The highest BCUT2D eigenvalue weighted by Gasteiger charge is 2.15. The Bertz CT molecular complexity index is 927. The molecule has 0 saturated carbocycles.